The van der Waals surface area contributed by atoms with Crippen LogP contribution in [0.4, 0.5) is 13.2 Å². The summed E-state index contributed by atoms with van der Waals surface area (Å²) in [4.78, 5) is 24.1. The number of amides is 1. The SMILES string of the molecule is Cc1cscc1C(=O)N1C[C@@H](C(F)(F)F)[C@H](C(=O)O)C1. The van der Waals surface area contributed by atoms with Gasteiger partial charge in [0.15, 0.2) is 0 Å². The normalized spacial score (nSPS) is 23.1. The first-order valence-electron chi connectivity index (χ1n) is 5.83. The summed E-state index contributed by atoms with van der Waals surface area (Å²) in [6, 6.07) is 0. The molecule has 20 heavy (non-hydrogen) atoms. The van der Waals surface area contributed by atoms with E-state index in [0.29, 0.717) is 11.1 Å². The minimum absolute atomic E-state index is 0.335. The molecule has 1 saturated heterocycles. The standard InChI is InChI=1S/C12H12F3NO3S/c1-6-4-20-5-8(6)10(17)16-2-7(11(18)19)9(3-16)12(13,14)15/h4-5,7,9H,2-3H2,1H3,(H,18,19)/t7-,9-/m1/s1. The summed E-state index contributed by atoms with van der Waals surface area (Å²) in [5, 5.41) is 12.2. The summed E-state index contributed by atoms with van der Waals surface area (Å²) in [7, 11) is 0. The van der Waals surface area contributed by atoms with Crippen molar-refractivity contribution in [3.8, 4) is 0 Å². The first-order valence-corrected chi connectivity index (χ1v) is 6.77. The average Bonchev–Trinajstić information content (AvgIpc) is 2.92. The number of aliphatic carboxylic acids is 1. The third-order valence-electron chi connectivity index (χ3n) is 3.43. The van der Waals surface area contributed by atoms with Gasteiger partial charge < -0.3 is 10.0 Å². The molecule has 8 heteroatoms. The molecule has 1 N–H and O–H groups in total. The molecule has 1 aromatic heterocycles. The number of likely N-dealkylation sites (tertiary alicyclic amines) is 1. The molecular formula is C12H12F3NO3S. The van der Waals surface area contributed by atoms with Gasteiger partial charge in [0.2, 0.25) is 0 Å². The number of hydrogen-bond acceptors (Lipinski definition) is 3. The van der Waals surface area contributed by atoms with Crippen LogP contribution in [0.5, 0.6) is 0 Å². The predicted molar refractivity (Wildman–Crippen MR) is 65.6 cm³/mol. The first kappa shape index (κ1) is 14.8. The Labute approximate surface area is 116 Å². The number of rotatable bonds is 2. The number of hydrogen-bond donors (Lipinski definition) is 1. The third-order valence-corrected chi connectivity index (χ3v) is 4.29. The predicted octanol–water partition coefficient (Wildman–Crippen LogP) is 2.39. The number of carbonyl (C=O) groups is 2. The third kappa shape index (κ3) is 2.65. The zero-order chi connectivity index (χ0) is 15.1. The van der Waals surface area contributed by atoms with Crippen LogP contribution in [-0.2, 0) is 4.79 Å². The summed E-state index contributed by atoms with van der Waals surface area (Å²) in [5.41, 5.74) is 1.02. The molecule has 2 rings (SSSR count). The molecule has 0 bridgehead atoms. The van der Waals surface area contributed by atoms with Gasteiger partial charge in [0, 0.05) is 18.5 Å². The molecule has 1 fully saturated rings. The molecule has 0 spiro atoms. The van der Waals surface area contributed by atoms with Crippen molar-refractivity contribution in [3.05, 3.63) is 21.9 Å². The molecule has 4 nitrogen and oxygen atoms in total. The van der Waals surface area contributed by atoms with E-state index in [2.05, 4.69) is 0 Å². The molecule has 2 heterocycles. The Morgan fingerprint density at radius 2 is 2.00 bits per heavy atom. The molecule has 1 aliphatic rings. The van der Waals surface area contributed by atoms with Gasteiger partial charge in [0.05, 0.1) is 17.4 Å². The van der Waals surface area contributed by atoms with E-state index >= 15 is 0 Å². The fourth-order valence-corrected chi connectivity index (χ4v) is 3.12. The molecule has 0 aliphatic carbocycles. The van der Waals surface area contributed by atoms with Crippen molar-refractivity contribution in [2.45, 2.75) is 13.1 Å². The lowest BCUT2D eigenvalue weighted by atomic mass is 9.96. The van der Waals surface area contributed by atoms with Crippen LogP contribution in [-0.4, -0.2) is 41.1 Å². The Morgan fingerprint density at radius 1 is 1.35 bits per heavy atom. The van der Waals surface area contributed by atoms with Gasteiger partial charge in [0.25, 0.3) is 5.91 Å². The Balaban J connectivity index is 2.22. The molecule has 2 atom stereocenters. The Hall–Kier alpha value is -1.57. The summed E-state index contributed by atoms with van der Waals surface area (Å²) in [5.74, 6) is -5.67. The maximum atomic E-state index is 12.8. The lowest BCUT2D eigenvalue weighted by molar-refractivity contribution is -0.187. The highest BCUT2D eigenvalue weighted by Crippen LogP contribution is 2.38. The van der Waals surface area contributed by atoms with E-state index in [0.717, 1.165) is 4.90 Å². The number of carbonyl (C=O) groups excluding carboxylic acids is 1. The molecule has 0 saturated carbocycles. The Kier molecular flexibility index (Phi) is 3.77. The minimum Gasteiger partial charge on any atom is -0.481 e. The number of halogens is 3. The van der Waals surface area contributed by atoms with E-state index in [-0.39, 0.29) is 0 Å². The van der Waals surface area contributed by atoms with Gasteiger partial charge in [-0.1, -0.05) is 0 Å². The largest absolute Gasteiger partial charge is 0.481 e. The summed E-state index contributed by atoms with van der Waals surface area (Å²) in [6.45, 7) is 0.679. The van der Waals surface area contributed by atoms with E-state index in [4.69, 9.17) is 5.11 Å². The smallest absolute Gasteiger partial charge is 0.394 e. The van der Waals surface area contributed by atoms with Crippen molar-refractivity contribution in [2.24, 2.45) is 11.8 Å². The molecule has 0 unspecified atom stereocenters. The van der Waals surface area contributed by atoms with Crippen LogP contribution < -0.4 is 0 Å². The molecule has 1 amide bonds. The average molecular weight is 307 g/mol. The number of alkyl halides is 3. The first-order chi connectivity index (χ1) is 9.21. The van der Waals surface area contributed by atoms with Crippen molar-refractivity contribution in [1.29, 1.82) is 0 Å². The van der Waals surface area contributed by atoms with Crippen LogP contribution in [0.1, 0.15) is 15.9 Å². The molecule has 1 aliphatic heterocycles. The molecule has 0 aromatic carbocycles. The van der Waals surface area contributed by atoms with Crippen molar-refractivity contribution in [1.82, 2.24) is 4.90 Å². The second-order valence-electron chi connectivity index (χ2n) is 4.77. The van der Waals surface area contributed by atoms with Gasteiger partial charge in [-0.2, -0.15) is 24.5 Å². The van der Waals surface area contributed by atoms with Crippen molar-refractivity contribution >= 4 is 23.2 Å². The molecule has 1 aromatic rings. The zero-order valence-corrected chi connectivity index (χ0v) is 11.3. The van der Waals surface area contributed by atoms with Gasteiger partial charge in [-0.15, -0.1) is 0 Å². The Morgan fingerprint density at radius 3 is 2.40 bits per heavy atom. The molecule has 0 radical (unpaired) electrons. The van der Waals surface area contributed by atoms with E-state index in [1.807, 2.05) is 0 Å². The number of carboxylic acids is 1. The number of carboxylic acid groups (broad SMARTS) is 1. The summed E-state index contributed by atoms with van der Waals surface area (Å²) < 4.78 is 38.5. The highest BCUT2D eigenvalue weighted by molar-refractivity contribution is 7.08. The fraction of sp³-hybridized carbons (Fsp3) is 0.500. The van der Waals surface area contributed by atoms with Gasteiger partial charge in [-0.05, 0) is 17.9 Å². The second-order valence-corrected chi connectivity index (χ2v) is 5.52. The fourth-order valence-electron chi connectivity index (χ4n) is 2.30. The summed E-state index contributed by atoms with van der Waals surface area (Å²) >= 11 is 1.28. The number of nitrogens with zero attached hydrogens (tertiary/aromatic N) is 1. The van der Waals surface area contributed by atoms with Gasteiger partial charge in [-0.25, -0.2) is 0 Å². The lowest BCUT2D eigenvalue weighted by Crippen LogP contribution is -2.34. The van der Waals surface area contributed by atoms with Crippen LogP contribution in [0.3, 0.4) is 0 Å². The molecule has 110 valence electrons. The van der Waals surface area contributed by atoms with Crippen LogP contribution in [0.2, 0.25) is 0 Å². The lowest BCUT2D eigenvalue weighted by Gasteiger charge is -2.18. The quantitative estimate of drug-likeness (QED) is 0.912. The maximum Gasteiger partial charge on any atom is 0.394 e. The van der Waals surface area contributed by atoms with Crippen molar-refractivity contribution in [3.63, 3.8) is 0 Å². The van der Waals surface area contributed by atoms with E-state index in [1.165, 1.54) is 11.3 Å². The van der Waals surface area contributed by atoms with Crippen LogP contribution in [0, 0.1) is 18.8 Å². The van der Waals surface area contributed by atoms with Crippen LogP contribution in [0.25, 0.3) is 0 Å². The van der Waals surface area contributed by atoms with Gasteiger partial charge in [-0.3, -0.25) is 9.59 Å². The van der Waals surface area contributed by atoms with E-state index < -0.39 is 43.0 Å². The molecular weight excluding hydrogens is 295 g/mol. The van der Waals surface area contributed by atoms with Gasteiger partial charge in [0.1, 0.15) is 0 Å². The number of aryl methyl sites for hydroxylation is 1. The number of thiophene rings is 1. The monoisotopic (exact) mass is 307 g/mol. The second kappa shape index (κ2) is 5.08. The van der Waals surface area contributed by atoms with Gasteiger partial charge >= 0.3 is 12.1 Å². The Bertz CT molecular complexity index is 540. The minimum atomic E-state index is -4.62. The van der Waals surface area contributed by atoms with Crippen molar-refractivity contribution < 1.29 is 27.9 Å². The maximum absolute atomic E-state index is 12.8. The van der Waals surface area contributed by atoms with E-state index in [1.54, 1.807) is 17.7 Å². The van der Waals surface area contributed by atoms with Crippen LogP contribution >= 0.6 is 11.3 Å². The van der Waals surface area contributed by atoms with E-state index in [9.17, 15) is 22.8 Å². The topological polar surface area (TPSA) is 57.6 Å². The summed E-state index contributed by atoms with van der Waals surface area (Å²) in [6.07, 6.45) is -4.62. The highest BCUT2D eigenvalue weighted by Gasteiger charge is 2.53. The van der Waals surface area contributed by atoms with Crippen molar-refractivity contribution in [2.75, 3.05) is 13.1 Å². The van der Waals surface area contributed by atoms with Crippen LogP contribution in [0.15, 0.2) is 10.8 Å². The zero-order valence-electron chi connectivity index (χ0n) is 10.5. The highest BCUT2D eigenvalue weighted by atomic mass is 32.1.